The number of piperazine rings is 1. The van der Waals surface area contributed by atoms with Gasteiger partial charge in [0.1, 0.15) is 0 Å². The van der Waals surface area contributed by atoms with Gasteiger partial charge in [-0.25, -0.2) is 4.79 Å². The van der Waals surface area contributed by atoms with Crippen LogP contribution in [0, 0.1) is 5.92 Å². The number of fused-ring (bicyclic) bond motifs is 1. The second-order valence-corrected chi connectivity index (χ2v) is 12.2. The summed E-state index contributed by atoms with van der Waals surface area (Å²) in [6, 6.07) is 2.27. The van der Waals surface area contributed by atoms with Crippen molar-refractivity contribution in [1.29, 1.82) is 0 Å². The molecule has 2 atom stereocenters. The summed E-state index contributed by atoms with van der Waals surface area (Å²) in [5.41, 5.74) is 2.51. The first kappa shape index (κ1) is 25.4. The summed E-state index contributed by atoms with van der Waals surface area (Å²) >= 11 is 0. The number of rotatable bonds is 5. The number of aromatic nitrogens is 4. The van der Waals surface area contributed by atoms with Crippen LogP contribution in [0.25, 0.3) is 0 Å². The van der Waals surface area contributed by atoms with Gasteiger partial charge in [-0.1, -0.05) is 0 Å². The first-order chi connectivity index (χ1) is 18.2. The van der Waals surface area contributed by atoms with Gasteiger partial charge in [-0.3, -0.25) is 19.9 Å². The Morgan fingerprint density at radius 2 is 1.84 bits per heavy atom. The zero-order valence-corrected chi connectivity index (χ0v) is 22.9. The Kier molecular flexibility index (Phi) is 6.46. The maximum Gasteiger partial charge on any atom is 0.321 e. The number of anilines is 1. The average molecular weight is 525 g/mol. The molecule has 0 bridgehead atoms. The van der Waals surface area contributed by atoms with Crippen LogP contribution in [0.15, 0.2) is 6.07 Å². The number of amides is 3. The molecule has 206 valence electrons. The smallest absolute Gasteiger partial charge is 0.321 e. The largest absolute Gasteiger partial charge is 0.381 e. The van der Waals surface area contributed by atoms with Crippen LogP contribution in [-0.2, 0) is 16.8 Å². The number of H-pyrrole nitrogens is 2. The van der Waals surface area contributed by atoms with Gasteiger partial charge in [0.15, 0.2) is 11.5 Å². The van der Waals surface area contributed by atoms with E-state index >= 15 is 0 Å². The third-order valence-electron chi connectivity index (χ3n) is 8.97. The Bertz CT molecular complexity index is 1190. The molecule has 5 heterocycles. The van der Waals surface area contributed by atoms with Crippen molar-refractivity contribution in [1.82, 2.24) is 35.1 Å². The van der Waals surface area contributed by atoms with E-state index < -0.39 is 5.54 Å². The van der Waals surface area contributed by atoms with E-state index in [-0.39, 0.29) is 18.0 Å². The molecule has 4 aliphatic rings. The normalized spacial score (nSPS) is 26.0. The average Bonchev–Trinajstić information content (AvgIpc) is 3.37. The molecule has 3 aliphatic heterocycles. The number of urea groups is 1. The third kappa shape index (κ3) is 4.59. The summed E-state index contributed by atoms with van der Waals surface area (Å²) < 4.78 is 5.53. The summed E-state index contributed by atoms with van der Waals surface area (Å²) in [6.07, 6.45) is 4.51. The Balaban J connectivity index is 1.12. The summed E-state index contributed by atoms with van der Waals surface area (Å²) in [5.74, 6) is 1.33. The standard InChI is InChI=1S/C27H40N8O3/c1-16-13-34(17(2)12-33(16)14-18-7-9-38-10-8-18)26(37)35-15-20-23(27(35,3)4)31-32-24(20)28-25(36)22-11-21(29-30-22)19-5-6-19/h11,16-19H,5-10,12-15H2,1-4H3,(H,29,30)(H2,28,31,32,36)/t16-,17+/m1/s1. The molecule has 38 heavy (non-hydrogen) atoms. The van der Waals surface area contributed by atoms with Crippen LogP contribution in [0.5, 0.6) is 0 Å². The minimum Gasteiger partial charge on any atom is -0.381 e. The van der Waals surface area contributed by atoms with Crippen molar-refractivity contribution < 1.29 is 14.3 Å². The van der Waals surface area contributed by atoms with Gasteiger partial charge in [0.05, 0.1) is 17.8 Å². The molecule has 2 saturated heterocycles. The zero-order valence-electron chi connectivity index (χ0n) is 22.9. The van der Waals surface area contributed by atoms with Gasteiger partial charge in [-0.2, -0.15) is 10.2 Å². The highest BCUT2D eigenvalue weighted by Gasteiger charge is 2.47. The first-order valence-corrected chi connectivity index (χ1v) is 14.1. The number of ether oxygens (including phenoxy) is 1. The second-order valence-electron chi connectivity index (χ2n) is 12.2. The molecule has 11 heteroatoms. The van der Waals surface area contributed by atoms with Crippen LogP contribution in [0.4, 0.5) is 10.6 Å². The highest BCUT2D eigenvalue weighted by molar-refractivity contribution is 6.03. The van der Waals surface area contributed by atoms with Gasteiger partial charge in [0, 0.05) is 62.1 Å². The lowest BCUT2D eigenvalue weighted by atomic mass is 9.97. The van der Waals surface area contributed by atoms with E-state index in [1.54, 1.807) is 0 Å². The number of hydrogen-bond acceptors (Lipinski definition) is 6. The van der Waals surface area contributed by atoms with Crippen LogP contribution >= 0.6 is 0 Å². The SMILES string of the molecule is C[C@@H]1CN(C(=O)N2Cc3c(NC(=O)c4cc(C5CC5)[nH]n4)n[nH]c3C2(C)C)[C@@H](C)CN1CC1CCOCC1. The van der Waals surface area contributed by atoms with E-state index in [1.807, 2.05) is 29.7 Å². The monoisotopic (exact) mass is 524 g/mol. The van der Waals surface area contributed by atoms with E-state index in [2.05, 4.69) is 44.5 Å². The second kappa shape index (κ2) is 9.68. The lowest BCUT2D eigenvalue weighted by Gasteiger charge is -2.47. The van der Waals surface area contributed by atoms with Gasteiger partial charge >= 0.3 is 6.03 Å². The maximum absolute atomic E-state index is 13.9. The number of nitrogens with one attached hydrogen (secondary N) is 3. The molecule has 3 amide bonds. The summed E-state index contributed by atoms with van der Waals surface area (Å²) in [5, 5.41) is 17.6. The molecule has 0 aromatic carbocycles. The number of carbonyl (C=O) groups is 2. The Morgan fingerprint density at radius 1 is 1.08 bits per heavy atom. The lowest BCUT2D eigenvalue weighted by Crippen LogP contribution is -2.62. The van der Waals surface area contributed by atoms with Gasteiger partial charge in [-0.05, 0) is 65.4 Å². The number of aromatic amines is 2. The van der Waals surface area contributed by atoms with Gasteiger partial charge in [0.2, 0.25) is 0 Å². The summed E-state index contributed by atoms with van der Waals surface area (Å²) in [4.78, 5) is 33.3. The van der Waals surface area contributed by atoms with Crippen molar-refractivity contribution in [2.24, 2.45) is 5.92 Å². The number of carbonyl (C=O) groups excluding carboxylic acids is 2. The van der Waals surface area contributed by atoms with E-state index in [1.165, 1.54) is 0 Å². The van der Waals surface area contributed by atoms with E-state index in [4.69, 9.17) is 4.74 Å². The molecule has 2 aromatic rings. The topological polar surface area (TPSA) is 122 Å². The Hall–Kier alpha value is -2.92. The first-order valence-electron chi connectivity index (χ1n) is 14.1. The molecule has 0 spiro atoms. The van der Waals surface area contributed by atoms with Gasteiger partial charge in [-0.15, -0.1) is 0 Å². The molecule has 2 aromatic heterocycles. The van der Waals surface area contributed by atoms with Gasteiger partial charge in [0.25, 0.3) is 5.91 Å². The van der Waals surface area contributed by atoms with Crippen molar-refractivity contribution in [2.45, 2.75) is 83.5 Å². The van der Waals surface area contributed by atoms with Crippen LogP contribution in [0.3, 0.4) is 0 Å². The predicted octanol–water partition coefficient (Wildman–Crippen LogP) is 3.25. The fourth-order valence-electron chi connectivity index (χ4n) is 6.29. The van der Waals surface area contributed by atoms with Crippen molar-refractivity contribution in [3.63, 3.8) is 0 Å². The van der Waals surface area contributed by atoms with E-state index in [0.29, 0.717) is 42.5 Å². The van der Waals surface area contributed by atoms with Crippen molar-refractivity contribution in [3.8, 4) is 0 Å². The van der Waals surface area contributed by atoms with Crippen molar-refractivity contribution in [3.05, 3.63) is 28.7 Å². The Morgan fingerprint density at radius 3 is 2.58 bits per heavy atom. The van der Waals surface area contributed by atoms with Crippen LogP contribution in [0.2, 0.25) is 0 Å². The molecule has 3 N–H and O–H groups in total. The van der Waals surface area contributed by atoms with Gasteiger partial charge < -0.3 is 19.9 Å². The van der Waals surface area contributed by atoms with Crippen molar-refractivity contribution in [2.75, 3.05) is 38.2 Å². The fraction of sp³-hybridized carbons (Fsp3) is 0.704. The molecule has 1 saturated carbocycles. The Labute approximate surface area is 223 Å². The molecule has 3 fully saturated rings. The maximum atomic E-state index is 13.9. The van der Waals surface area contributed by atoms with Crippen LogP contribution in [-0.4, -0.2) is 92.0 Å². The molecular weight excluding hydrogens is 484 g/mol. The van der Waals surface area contributed by atoms with Crippen LogP contribution in [0.1, 0.15) is 86.7 Å². The number of hydrogen-bond donors (Lipinski definition) is 3. The minimum atomic E-state index is -0.573. The summed E-state index contributed by atoms with van der Waals surface area (Å²) in [7, 11) is 0. The van der Waals surface area contributed by atoms with Crippen molar-refractivity contribution >= 4 is 17.8 Å². The van der Waals surface area contributed by atoms with E-state index in [0.717, 1.165) is 68.9 Å². The molecular formula is C27H40N8O3. The van der Waals surface area contributed by atoms with Crippen LogP contribution < -0.4 is 5.32 Å². The minimum absolute atomic E-state index is 0.0309. The lowest BCUT2D eigenvalue weighted by molar-refractivity contribution is 0.00882. The third-order valence-corrected chi connectivity index (χ3v) is 8.97. The summed E-state index contributed by atoms with van der Waals surface area (Å²) in [6.45, 7) is 13.2. The zero-order chi connectivity index (χ0) is 26.6. The molecule has 0 radical (unpaired) electrons. The fourth-order valence-corrected chi connectivity index (χ4v) is 6.29. The number of nitrogens with zero attached hydrogens (tertiary/aromatic N) is 5. The highest BCUT2D eigenvalue weighted by atomic mass is 16.5. The molecule has 11 nitrogen and oxygen atoms in total. The molecule has 1 aliphatic carbocycles. The predicted molar refractivity (Wildman–Crippen MR) is 142 cm³/mol. The highest BCUT2D eigenvalue weighted by Crippen LogP contribution is 2.42. The quantitative estimate of drug-likeness (QED) is 0.552. The molecule has 0 unspecified atom stereocenters. The van der Waals surface area contributed by atoms with E-state index in [9.17, 15) is 9.59 Å². The molecule has 6 rings (SSSR count).